The normalized spacial score (nSPS) is 10.8. The molecule has 3 amide bonds. The summed E-state index contributed by atoms with van der Waals surface area (Å²) in [7, 11) is 7.16. The Morgan fingerprint density at radius 3 is 1.41 bits per heavy atom. The lowest BCUT2D eigenvalue weighted by Gasteiger charge is -2.26. The van der Waals surface area contributed by atoms with Crippen molar-refractivity contribution < 1.29 is 43.3 Å². The van der Waals surface area contributed by atoms with E-state index in [1.165, 1.54) is 59.2 Å². The molecule has 21 nitrogen and oxygen atoms in total. The van der Waals surface area contributed by atoms with Crippen LogP contribution in [0.15, 0.2) is 0 Å². The van der Waals surface area contributed by atoms with Crippen LogP contribution in [0.2, 0.25) is 0 Å². The minimum Gasteiger partial charge on any atom is -0.364 e. The van der Waals surface area contributed by atoms with Gasteiger partial charge in [0.05, 0.1) is 6.67 Å². The Kier molecular flexibility index (Phi) is 14.4. The zero-order valence-electron chi connectivity index (χ0n) is 25.9. The van der Waals surface area contributed by atoms with E-state index in [4.69, 9.17) is 23.7 Å². The van der Waals surface area contributed by atoms with Crippen molar-refractivity contribution in [2.24, 2.45) is 0 Å². The van der Waals surface area contributed by atoms with Crippen LogP contribution < -0.4 is 30.0 Å². The number of ether oxygens (including phenoxy) is 5. The molecule has 2 rings (SSSR count). The number of carbonyl (C=O) groups excluding carboxylic acids is 3. The Hall–Kier alpha value is -4.41. The molecule has 0 spiro atoms. The molecule has 0 aliphatic rings. The van der Waals surface area contributed by atoms with Crippen molar-refractivity contribution in [1.82, 2.24) is 29.9 Å². The van der Waals surface area contributed by atoms with Gasteiger partial charge in [-0.3, -0.25) is 39.2 Å². The van der Waals surface area contributed by atoms with Crippen LogP contribution in [0, 0.1) is 0 Å². The minimum absolute atomic E-state index is 0.0115. The number of hydrogen-bond donors (Lipinski definition) is 2. The van der Waals surface area contributed by atoms with Crippen molar-refractivity contribution >= 4 is 53.4 Å². The average molecular weight is 627 g/mol. The largest absolute Gasteiger partial charge is 0.364 e. The first-order valence-electron chi connectivity index (χ1n) is 12.8. The summed E-state index contributed by atoms with van der Waals surface area (Å²) in [5.41, 5.74) is 0. The van der Waals surface area contributed by atoms with Gasteiger partial charge in [0.1, 0.15) is 33.7 Å². The van der Waals surface area contributed by atoms with Gasteiger partial charge in [0.25, 0.3) is 5.95 Å². The van der Waals surface area contributed by atoms with Crippen LogP contribution in [0.3, 0.4) is 0 Å². The highest BCUT2D eigenvalue weighted by Crippen LogP contribution is 2.21. The molecule has 2 aromatic rings. The van der Waals surface area contributed by atoms with E-state index >= 15 is 0 Å². The third-order valence-electron chi connectivity index (χ3n) is 5.31. The SMILES string of the molecule is COCN(COC)c1nc(NCN(COC)c2nc(N(O)C(C)=O)nc(N(COC)C(C)=O)n2)nc(N(COC)C(C)=O)n1. The van der Waals surface area contributed by atoms with E-state index in [9.17, 15) is 19.6 Å². The monoisotopic (exact) mass is 626 g/mol. The Balaban J connectivity index is 2.60. The number of aromatic nitrogens is 6. The van der Waals surface area contributed by atoms with Crippen molar-refractivity contribution in [1.29, 1.82) is 0 Å². The van der Waals surface area contributed by atoms with Gasteiger partial charge in [-0.1, -0.05) is 0 Å². The molecule has 0 unspecified atom stereocenters. The van der Waals surface area contributed by atoms with Crippen molar-refractivity contribution in [3.05, 3.63) is 0 Å². The summed E-state index contributed by atoms with van der Waals surface area (Å²) in [5.74, 6) is -2.35. The standard InChI is InChI=1S/C23H38N12O9/c1-15(36)33(13-43-7)21-26-18(25-19(27-21)32(11-41-5)12-42-6)24-9-31(10-40-4)20-28-22(34(14-44-8)16(2)37)30-23(29-20)35(39)17(3)38/h39H,9-14H2,1-8H3,(H,24,25,26,27). The summed E-state index contributed by atoms with van der Waals surface area (Å²) >= 11 is 0. The van der Waals surface area contributed by atoms with Crippen LogP contribution in [0.1, 0.15) is 20.8 Å². The predicted molar refractivity (Wildman–Crippen MR) is 154 cm³/mol. The molecular formula is C23H38N12O9. The molecule has 244 valence electrons. The predicted octanol–water partition coefficient (Wildman–Crippen LogP) is -0.794. The summed E-state index contributed by atoms with van der Waals surface area (Å²) in [6.07, 6.45) is 0. The second-order valence-electron chi connectivity index (χ2n) is 8.72. The molecule has 44 heavy (non-hydrogen) atoms. The Morgan fingerprint density at radius 1 is 0.568 bits per heavy atom. The van der Waals surface area contributed by atoms with Gasteiger partial charge in [-0.25, -0.2) is 0 Å². The fraction of sp³-hybridized carbons (Fsp3) is 0.609. The van der Waals surface area contributed by atoms with Gasteiger partial charge in [-0.15, -0.1) is 0 Å². The fourth-order valence-electron chi connectivity index (χ4n) is 3.33. The van der Waals surface area contributed by atoms with E-state index in [0.717, 1.165) is 11.8 Å². The van der Waals surface area contributed by atoms with Crippen LogP contribution >= 0.6 is 0 Å². The number of nitrogens with one attached hydrogen (secondary N) is 1. The van der Waals surface area contributed by atoms with Gasteiger partial charge in [0.2, 0.25) is 47.5 Å². The van der Waals surface area contributed by atoms with E-state index in [1.807, 2.05) is 0 Å². The van der Waals surface area contributed by atoms with Crippen molar-refractivity contribution in [3.63, 3.8) is 0 Å². The number of rotatable bonds is 18. The molecule has 2 N–H and O–H groups in total. The summed E-state index contributed by atoms with van der Waals surface area (Å²) in [6.45, 7) is 3.16. The number of hydroxylamine groups is 1. The lowest BCUT2D eigenvalue weighted by molar-refractivity contribution is -0.121. The molecule has 2 heterocycles. The summed E-state index contributed by atoms with van der Waals surface area (Å²) in [4.78, 5) is 67.5. The van der Waals surface area contributed by atoms with Gasteiger partial charge in [0, 0.05) is 56.3 Å². The number of nitrogens with zero attached hydrogens (tertiary/aromatic N) is 11. The van der Waals surface area contributed by atoms with Crippen LogP contribution in [-0.2, 0) is 38.1 Å². The molecule has 0 bridgehead atoms. The lowest BCUT2D eigenvalue weighted by atomic mass is 10.5. The first-order chi connectivity index (χ1) is 21.0. The molecule has 2 aromatic heterocycles. The third-order valence-corrected chi connectivity index (χ3v) is 5.31. The van der Waals surface area contributed by atoms with E-state index in [-0.39, 0.29) is 75.1 Å². The van der Waals surface area contributed by atoms with Gasteiger partial charge >= 0.3 is 0 Å². The van der Waals surface area contributed by atoms with E-state index in [1.54, 1.807) is 4.90 Å². The fourth-order valence-corrected chi connectivity index (χ4v) is 3.33. The third kappa shape index (κ3) is 9.82. The highest BCUT2D eigenvalue weighted by atomic mass is 16.5. The van der Waals surface area contributed by atoms with Crippen LogP contribution in [0.4, 0.5) is 35.7 Å². The number of hydrogen-bond acceptors (Lipinski definition) is 18. The molecule has 0 atom stereocenters. The highest BCUT2D eigenvalue weighted by Gasteiger charge is 2.25. The van der Waals surface area contributed by atoms with Crippen LogP contribution in [0.25, 0.3) is 0 Å². The molecule has 0 fully saturated rings. The van der Waals surface area contributed by atoms with Gasteiger partial charge in [-0.2, -0.15) is 35.0 Å². The number of carbonyl (C=O) groups is 3. The quantitative estimate of drug-likeness (QED) is 0.117. The smallest absolute Gasteiger partial charge is 0.263 e. The Labute approximate surface area is 253 Å². The summed E-state index contributed by atoms with van der Waals surface area (Å²) < 4.78 is 26.0. The first kappa shape index (κ1) is 35.8. The zero-order chi connectivity index (χ0) is 32.8. The second kappa shape index (κ2) is 17.6. The van der Waals surface area contributed by atoms with Crippen molar-refractivity contribution in [3.8, 4) is 0 Å². The zero-order valence-corrected chi connectivity index (χ0v) is 25.9. The molecular weight excluding hydrogens is 588 g/mol. The molecule has 0 aromatic carbocycles. The maximum atomic E-state index is 12.4. The minimum atomic E-state index is -0.793. The van der Waals surface area contributed by atoms with Crippen LogP contribution in [-0.4, -0.2) is 129 Å². The number of amides is 3. The summed E-state index contributed by atoms with van der Waals surface area (Å²) in [5, 5.41) is 13.5. The molecule has 21 heteroatoms. The lowest BCUT2D eigenvalue weighted by Crippen LogP contribution is -2.38. The van der Waals surface area contributed by atoms with E-state index in [2.05, 4.69) is 35.2 Å². The van der Waals surface area contributed by atoms with E-state index in [0.29, 0.717) is 0 Å². The highest BCUT2D eigenvalue weighted by molar-refractivity contribution is 5.91. The molecule has 0 saturated heterocycles. The van der Waals surface area contributed by atoms with Gasteiger partial charge < -0.3 is 29.0 Å². The molecule has 0 aliphatic carbocycles. The number of anilines is 6. The average Bonchev–Trinajstić information content (AvgIpc) is 2.99. The van der Waals surface area contributed by atoms with Crippen LogP contribution in [0.5, 0.6) is 0 Å². The Morgan fingerprint density at radius 2 is 0.955 bits per heavy atom. The molecule has 0 saturated carbocycles. The van der Waals surface area contributed by atoms with Gasteiger partial charge in [-0.05, 0) is 0 Å². The number of methoxy groups -OCH3 is 5. The maximum absolute atomic E-state index is 12.4. The maximum Gasteiger partial charge on any atom is 0.263 e. The van der Waals surface area contributed by atoms with Crippen molar-refractivity contribution in [2.45, 2.75) is 20.8 Å². The Bertz CT molecular complexity index is 1250. The topological polar surface area (TPSA) is 223 Å². The summed E-state index contributed by atoms with van der Waals surface area (Å²) in [6, 6.07) is 0. The van der Waals surface area contributed by atoms with Crippen molar-refractivity contribution in [2.75, 3.05) is 106 Å². The van der Waals surface area contributed by atoms with Gasteiger partial charge in [0.15, 0.2) is 0 Å². The molecule has 0 aliphatic heterocycles. The second-order valence-corrected chi connectivity index (χ2v) is 8.72. The van der Waals surface area contributed by atoms with E-state index < -0.39 is 23.7 Å². The molecule has 0 radical (unpaired) electrons. The first-order valence-corrected chi connectivity index (χ1v) is 12.8.